The minimum absolute atomic E-state index is 0.0467. The summed E-state index contributed by atoms with van der Waals surface area (Å²) in [5.74, 6) is 0. The second-order valence-electron chi connectivity index (χ2n) is 4.02. The molecule has 10 heteroatoms. The highest BCUT2D eigenvalue weighted by molar-refractivity contribution is 7.91. The maximum Gasteiger partial charge on any atom is 0.304 e. The molecule has 1 aromatic carbocycles. The number of hydrogen-bond acceptors (Lipinski definition) is 6. The van der Waals surface area contributed by atoms with Gasteiger partial charge in [0.1, 0.15) is 4.21 Å². The van der Waals surface area contributed by atoms with E-state index in [1.54, 1.807) is 24.3 Å². The summed E-state index contributed by atoms with van der Waals surface area (Å²) in [5, 5.41) is 11.1. The lowest BCUT2D eigenvalue weighted by Gasteiger charge is -2.04. The molecule has 0 bridgehead atoms. The molecule has 0 spiro atoms. The van der Waals surface area contributed by atoms with Crippen LogP contribution in [0, 0.1) is 10.1 Å². The summed E-state index contributed by atoms with van der Waals surface area (Å²) in [4.78, 5) is 9.96. The summed E-state index contributed by atoms with van der Waals surface area (Å²) < 4.78 is 26.3. The molecule has 21 heavy (non-hydrogen) atoms. The predicted molar refractivity (Wildman–Crippen MR) is 80.9 cm³/mol. The van der Waals surface area contributed by atoms with Gasteiger partial charge in [-0.15, -0.1) is 0 Å². The zero-order valence-corrected chi connectivity index (χ0v) is 12.8. The Morgan fingerprint density at radius 3 is 2.48 bits per heavy atom. The molecule has 7 nitrogen and oxygen atoms in total. The second kappa shape index (κ2) is 5.98. The van der Waals surface area contributed by atoms with Crippen molar-refractivity contribution in [3.05, 3.63) is 51.0 Å². The number of nitrogens with zero attached hydrogens (tertiary/aromatic N) is 1. The van der Waals surface area contributed by atoms with Crippen molar-refractivity contribution in [2.45, 2.75) is 10.8 Å². The number of rotatable bonds is 5. The average molecular weight is 348 g/mol. The highest BCUT2D eigenvalue weighted by Gasteiger charge is 2.24. The molecule has 0 aliphatic heterocycles. The van der Waals surface area contributed by atoms with Gasteiger partial charge in [0.25, 0.3) is 10.0 Å². The molecule has 0 radical (unpaired) electrons. The Balaban J connectivity index is 2.17. The van der Waals surface area contributed by atoms with Crippen LogP contribution >= 0.6 is 22.9 Å². The third-order valence-electron chi connectivity index (χ3n) is 2.56. The van der Waals surface area contributed by atoms with E-state index in [0.29, 0.717) is 21.9 Å². The number of nitrogen functional groups attached to an aromatic ring is 1. The van der Waals surface area contributed by atoms with Crippen LogP contribution in [0.5, 0.6) is 0 Å². The van der Waals surface area contributed by atoms with Crippen molar-refractivity contribution in [2.75, 3.05) is 5.73 Å². The molecule has 3 N–H and O–H groups in total. The molecule has 0 fully saturated rings. The monoisotopic (exact) mass is 347 g/mol. The molecule has 0 saturated heterocycles. The van der Waals surface area contributed by atoms with Crippen LogP contribution in [-0.4, -0.2) is 13.3 Å². The van der Waals surface area contributed by atoms with Gasteiger partial charge in [0.15, 0.2) is 5.00 Å². The Bertz CT molecular complexity index is 771. The van der Waals surface area contributed by atoms with Crippen LogP contribution in [0.4, 0.5) is 10.7 Å². The van der Waals surface area contributed by atoms with Gasteiger partial charge < -0.3 is 5.73 Å². The van der Waals surface area contributed by atoms with Gasteiger partial charge in [0, 0.05) is 17.6 Å². The van der Waals surface area contributed by atoms with Crippen molar-refractivity contribution in [3.8, 4) is 0 Å². The first kappa shape index (κ1) is 15.7. The maximum absolute atomic E-state index is 12.1. The van der Waals surface area contributed by atoms with Crippen LogP contribution in [0.2, 0.25) is 5.02 Å². The van der Waals surface area contributed by atoms with E-state index in [9.17, 15) is 18.5 Å². The third kappa shape index (κ3) is 3.70. The summed E-state index contributed by atoms with van der Waals surface area (Å²) >= 11 is 6.38. The van der Waals surface area contributed by atoms with Gasteiger partial charge in [-0.3, -0.25) is 10.1 Å². The fourth-order valence-electron chi connectivity index (χ4n) is 1.50. The van der Waals surface area contributed by atoms with Crippen molar-refractivity contribution in [2.24, 2.45) is 0 Å². The molecular weight excluding hydrogens is 338 g/mol. The van der Waals surface area contributed by atoms with Gasteiger partial charge in [0.2, 0.25) is 0 Å². The van der Waals surface area contributed by atoms with E-state index in [2.05, 4.69) is 4.72 Å². The van der Waals surface area contributed by atoms with Gasteiger partial charge >= 0.3 is 5.69 Å². The van der Waals surface area contributed by atoms with Crippen LogP contribution in [0.1, 0.15) is 5.56 Å². The number of hydrogen-bond donors (Lipinski definition) is 2. The molecule has 2 aromatic rings. The SMILES string of the molecule is Nc1sc(S(=O)(=O)NCc2ccc(Cl)cc2)cc1[N+](=O)[O-]. The molecule has 2 rings (SSSR count). The molecule has 0 atom stereocenters. The maximum atomic E-state index is 12.1. The van der Waals surface area contributed by atoms with E-state index in [4.69, 9.17) is 17.3 Å². The first-order valence-corrected chi connectivity index (χ1v) is 8.25. The van der Waals surface area contributed by atoms with E-state index in [1.807, 2.05) is 0 Å². The molecule has 0 aliphatic carbocycles. The van der Waals surface area contributed by atoms with Gasteiger partial charge in [0.05, 0.1) is 4.92 Å². The molecule has 1 aromatic heterocycles. The summed E-state index contributed by atoms with van der Waals surface area (Å²) in [6.07, 6.45) is 0. The Kier molecular flexibility index (Phi) is 4.47. The van der Waals surface area contributed by atoms with Crippen molar-refractivity contribution >= 4 is 43.6 Å². The lowest BCUT2D eigenvalue weighted by atomic mass is 10.2. The molecule has 0 amide bonds. The molecule has 0 aliphatic rings. The standard InChI is InChI=1S/C11H10ClN3O4S2/c12-8-3-1-7(2-4-8)6-14-21(18,19)10-5-9(15(16)17)11(13)20-10/h1-5,14H,6,13H2. The molecule has 1 heterocycles. The fraction of sp³-hybridized carbons (Fsp3) is 0.0909. The van der Waals surface area contributed by atoms with Crippen molar-refractivity contribution in [1.29, 1.82) is 0 Å². The number of halogens is 1. The Labute approximate surface area is 129 Å². The first-order chi connectivity index (χ1) is 9.79. The quantitative estimate of drug-likeness (QED) is 0.636. The Morgan fingerprint density at radius 1 is 1.33 bits per heavy atom. The fourth-order valence-corrected chi connectivity index (χ4v) is 3.90. The highest BCUT2D eigenvalue weighted by Crippen LogP contribution is 2.34. The number of anilines is 1. The number of nitro groups is 1. The van der Waals surface area contributed by atoms with E-state index in [-0.39, 0.29) is 15.8 Å². The first-order valence-electron chi connectivity index (χ1n) is 5.57. The lowest BCUT2D eigenvalue weighted by molar-refractivity contribution is -0.383. The van der Waals surface area contributed by atoms with Crippen LogP contribution < -0.4 is 10.5 Å². The Hall–Kier alpha value is -1.68. The minimum atomic E-state index is -3.85. The smallest absolute Gasteiger partial charge is 0.304 e. The highest BCUT2D eigenvalue weighted by atomic mass is 35.5. The summed E-state index contributed by atoms with van der Waals surface area (Å²) in [7, 11) is -3.85. The predicted octanol–water partition coefficient (Wildman–Crippen LogP) is 2.37. The van der Waals surface area contributed by atoms with Gasteiger partial charge in [-0.05, 0) is 17.7 Å². The average Bonchev–Trinajstić information content (AvgIpc) is 2.81. The summed E-state index contributed by atoms with van der Waals surface area (Å²) in [5.41, 5.74) is 5.73. The second-order valence-corrected chi connectivity index (χ2v) is 7.54. The topological polar surface area (TPSA) is 115 Å². The van der Waals surface area contributed by atoms with Crippen LogP contribution in [0.15, 0.2) is 34.5 Å². The molecular formula is C11H10ClN3O4S2. The van der Waals surface area contributed by atoms with Gasteiger partial charge in [-0.1, -0.05) is 35.1 Å². The number of benzene rings is 1. The largest absolute Gasteiger partial charge is 0.385 e. The number of sulfonamides is 1. The summed E-state index contributed by atoms with van der Waals surface area (Å²) in [6, 6.07) is 7.58. The zero-order valence-electron chi connectivity index (χ0n) is 10.4. The number of thiophene rings is 1. The van der Waals surface area contributed by atoms with E-state index < -0.39 is 20.6 Å². The molecule has 0 saturated carbocycles. The van der Waals surface area contributed by atoms with Crippen molar-refractivity contribution in [3.63, 3.8) is 0 Å². The minimum Gasteiger partial charge on any atom is -0.385 e. The summed E-state index contributed by atoms with van der Waals surface area (Å²) in [6.45, 7) is 0.0467. The molecule has 0 unspecified atom stereocenters. The van der Waals surface area contributed by atoms with Crippen molar-refractivity contribution < 1.29 is 13.3 Å². The van der Waals surface area contributed by atoms with Crippen molar-refractivity contribution in [1.82, 2.24) is 4.72 Å². The van der Waals surface area contributed by atoms with E-state index in [0.717, 1.165) is 6.07 Å². The third-order valence-corrected chi connectivity index (χ3v) is 5.64. The number of nitrogens with one attached hydrogen (secondary N) is 1. The normalized spacial score (nSPS) is 11.5. The van der Waals surface area contributed by atoms with Gasteiger partial charge in [-0.2, -0.15) is 0 Å². The van der Waals surface area contributed by atoms with Crippen LogP contribution in [-0.2, 0) is 16.6 Å². The van der Waals surface area contributed by atoms with E-state index in [1.165, 1.54) is 0 Å². The van der Waals surface area contributed by atoms with Crippen LogP contribution in [0.3, 0.4) is 0 Å². The van der Waals surface area contributed by atoms with E-state index >= 15 is 0 Å². The molecule has 112 valence electrons. The Morgan fingerprint density at radius 2 is 1.95 bits per heavy atom. The van der Waals surface area contributed by atoms with Gasteiger partial charge in [-0.25, -0.2) is 13.1 Å². The zero-order chi connectivity index (χ0) is 15.6. The number of nitrogens with two attached hydrogens (primary N) is 1. The van der Waals surface area contributed by atoms with Crippen LogP contribution in [0.25, 0.3) is 0 Å². The lowest BCUT2D eigenvalue weighted by Crippen LogP contribution is -2.22.